The number of carboxylic acids is 1. The molecule has 2 bridgehead atoms. The molecular formula is C17H24O3. The second-order valence-corrected chi connectivity index (χ2v) is 7.50. The molecule has 3 heteroatoms. The van der Waals surface area contributed by atoms with E-state index in [1.807, 2.05) is 0 Å². The molecule has 0 radical (unpaired) electrons. The zero-order chi connectivity index (χ0) is 14.5. The maximum Gasteiger partial charge on any atom is 0.310 e. The van der Waals surface area contributed by atoms with E-state index < -0.39 is 11.4 Å². The summed E-state index contributed by atoms with van der Waals surface area (Å²) in [6.45, 7) is 4.27. The topological polar surface area (TPSA) is 54.4 Å². The molecule has 3 nitrogen and oxygen atoms in total. The highest BCUT2D eigenvalue weighted by Gasteiger charge is 2.63. The number of hydrogen-bond acceptors (Lipinski definition) is 2. The van der Waals surface area contributed by atoms with Crippen LogP contribution in [0.2, 0.25) is 0 Å². The fourth-order valence-corrected chi connectivity index (χ4v) is 5.14. The molecule has 20 heavy (non-hydrogen) atoms. The quantitative estimate of drug-likeness (QED) is 0.803. The van der Waals surface area contributed by atoms with E-state index in [2.05, 4.69) is 26.0 Å². The molecule has 0 heterocycles. The molecule has 3 rings (SSSR count). The molecule has 0 aromatic rings. The molecule has 3 aliphatic rings. The van der Waals surface area contributed by atoms with Crippen molar-refractivity contribution < 1.29 is 14.7 Å². The number of ketones is 1. The van der Waals surface area contributed by atoms with Gasteiger partial charge in [0, 0.05) is 12.8 Å². The summed E-state index contributed by atoms with van der Waals surface area (Å²) in [6, 6.07) is 0. The van der Waals surface area contributed by atoms with E-state index >= 15 is 0 Å². The van der Waals surface area contributed by atoms with Gasteiger partial charge in [0.05, 0.1) is 5.41 Å². The Bertz CT molecular complexity index is 467. The van der Waals surface area contributed by atoms with Gasteiger partial charge in [-0.1, -0.05) is 26.0 Å². The van der Waals surface area contributed by atoms with Crippen LogP contribution >= 0.6 is 0 Å². The van der Waals surface area contributed by atoms with Gasteiger partial charge in [-0.05, 0) is 48.9 Å². The van der Waals surface area contributed by atoms with E-state index in [1.165, 1.54) is 0 Å². The van der Waals surface area contributed by atoms with Crippen molar-refractivity contribution in [3.8, 4) is 0 Å². The molecule has 3 unspecified atom stereocenters. The molecule has 3 aliphatic carbocycles. The standard InChI is InChI=1S/C17H24O3/c1-16(2,12-5-7-14(18)8-6-12)17(15(19)20)10-11-3-4-13(17)9-11/h3-4,11-13H,5-10H2,1-2H3,(H,19,20). The third-order valence-corrected chi connectivity index (χ3v) is 6.48. The Balaban J connectivity index is 1.93. The third-order valence-electron chi connectivity index (χ3n) is 6.48. The van der Waals surface area contributed by atoms with Gasteiger partial charge in [-0.25, -0.2) is 0 Å². The van der Waals surface area contributed by atoms with Crippen molar-refractivity contribution in [3.05, 3.63) is 12.2 Å². The number of carboxylic acid groups (broad SMARTS) is 1. The van der Waals surface area contributed by atoms with E-state index in [1.54, 1.807) is 0 Å². The van der Waals surface area contributed by atoms with E-state index in [0.29, 0.717) is 30.5 Å². The Kier molecular flexibility index (Phi) is 3.07. The molecule has 0 aromatic heterocycles. The maximum absolute atomic E-state index is 12.2. The van der Waals surface area contributed by atoms with Crippen LogP contribution in [0, 0.1) is 28.6 Å². The Morgan fingerprint density at radius 3 is 2.40 bits per heavy atom. The molecule has 2 fully saturated rings. The van der Waals surface area contributed by atoms with Crippen LogP contribution in [0.25, 0.3) is 0 Å². The van der Waals surface area contributed by atoms with Gasteiger partial charge in [-0.15, -0.1) is 0 Å². The number of carbonyl (C=O) groups excluding carboxylic acids is 1. The van der Waals surface area contributed by atoms with Crippen LogP contribution in [-0.4, -0.2) is 16.9 Å². The second-order valence-electron chi connectivity index (χ2n) is 7.50. The zero-order valence-corrected chi connectivity index (χ0v) is 12.4. The molecule has 0 spiro atoms. The van der Waals surface area contributed by atoms with Crippen LogP contribution in [0.3, 0.4) is 0 Å². The van der Waals surface area contributed by atoms with Crippen molar-refractivity contribution in [2.75, 3.05) is 0 Å². The molecular weight excluding hydrogens is 252 g/mol. The lowest BCUT2D eigenvalue weighted by Gasteiger charge is -2.50. The summed E-state index contributed by atoms with van der Waals surface area (Å²) in [5.41, 5.74) is -0.874. The number of fused-ring (bicyclic) bond motifs is 2. The lowest BCUT2D eigenvalue weighted by molar-refractivity contribution is -0.165. The average molecular weight is 276 g/mol. The van der Waals surface area contributed by atoms with Crippen molar-refractivity contribution >= 4 is 11.8 Å². The van der Waals surface area contributed by atoms with Gasteiger partial charge in [0.1, 0.15) is 5.78 Å². The van der Waals surface area contributed by atoms with Gasteiger partial charge in [0.25, 0.3) is 0 Å². The lowest BCUT2D eigenvalue weighted by atomic mass is 9.52. The molecule has 3 atom stereocenters. The van der Waals surface area contributed by atoms with Crippen LogP contribution in [0.5, 0.6) is 0 Å². The van der Waals surface area contributed by atoms with E-state index in [9.17, 15) is 14.7 Å². The van der Waals surface area contributed by atoms with Crippen molar-refractivity contribution in [2.45, 2.75) is 52.4 Å². The highest BCUT2D eigenvalue weighted by molar-refractivity contribution is 5.80. The molecule has 0 aliphatic heterocycles. The van der Waals surface area contributed by atoms with Gasteiger partial charge in [0.15, 0.2) is 0 Å². The minimum absolute atomic E-state index is 0.178. The molecule has 0 amide bonds. The maximum atomic E-state index is 12.2. The third kappa shape index (κ3) is 1.71. The highest BCUT2D eigenvalue weighted by Crippen LogP contribution is 2.64. The van der Waals surface area contributed by atoms with Crippen LogP contribution in [0.4, 0.5) is 0 Å². The summed E-state index contributed by atoms with van der Waals surface area (Å²) < 4.78 is 0. The largest absolute Gasteiger partial charge is 0.481 e. The van der Waals surface area contributed by atoms with Crippen LogP contribution in [0.1, 0.15) is 52.4 Å². The van der Waals surface area contributed by atoms with Gasteiger partial charge < -0.3 is 5.11 Å². The van der Waals surface area contributed by atoms with Gasteiger partial charge >= 0.3 is 5.97 Å². The van der Waals surface area contributed by atoms with Crippen molar-refractivity contribution in [1.29, 1.82) is 0 Å². The molecule has 0 aromatic carbocycles. The Hall–Kier alpha value is -1.12. The van der Waals surface area contributed by atoms with Crippen LogP contribution < -0.4 is 0 Å². The number of carbonyl (C=O) groups is 2. The van der Waals surface area contributed by atoms with Crippen LogP contribution in [0.15, 0.2) is 12.2 Å². The number of hydrogen-bond donors (Lipinski definition) is 1. The van der Waals surface area contributed by atoms with Gasteiger partial charge in [-0.2, -0.15) is 0 Å². The number of rotatable bonds is 3. The smallest absolute Gasteiger partial charge is 0.310 e. The first-order chi connectivity index (χ1) is 9.38. The van der Waals surface area contributed by atoms with E-state index in [4.69, 9.17) is 0 Å². The summed E-state index contributed by atoms with van der Waals surface area (Å²) in [6.07, 6.45) is 9.11. The minimum atomic E-state index is -0.628. The second kappa shape index (κ2) is 4.44. The van der Waals surface area contributed by atoms with Crippen molar-refractivity contribution in [3.63, 3.8) is 0 Å². The zero-order valence-electron chi connectivity index (χ0n) is 12.4. The number of allylic oxidation sites excluding steroid dienone is 2. The summed E-state index contributed by atoms with van der Waals surface area (Å²) >= 11 is 0. The molecule has 1 N–H and O–H groups in total. The first kappa shape index (κ1) is 13.8. The van der Waals surface area contributed by atoms with Crippen molar-refractivity contribution in [1.82, 2.24) is 0 Å². The normalized spacial score (nSPS) is 37.6. The number of Topliss-reactive ketones (excluding diaryl/α,β-unsaturated/α-hetero) is 1. The monoisotopic (exact) mass is 276 g/mol. The molecule has 2 saturated carbocycles. The average Bonchev–Trinajstić information content (AvgIpc) is 3.00. The van der Waals surface area contributed by atoms with Crippen LogP contribution in [-0.2, 0) is 9.59 Å². The fraction of sp³-hybridized carbons (Fsp3) is 0.765. The predicted molar refractivity (Wildman–Crippen MR) is 76.2 cm³/mol. The molecule has 0 saturated heterocycles. The SMILES string of the molecule is CC(C)(C1CCC(=O)CC1)C1(C(=O)O)CC2C=CC1C2. The van der Waals surface area contributed by atoms with Gasteiger partial charge in [0.2, 0.25) is 0 Å². The predicted octanol–water partition coefficient (Wildman–Crippen LogP) is 3.44. The lowest BCUT2D eigenvalue weighted by Crippen LogP contribution is -2.51. The number of aliphatic carboxylic acids is 1. The summed E-state index contributed by atoms with van der Waals surface area (Å²) in [7, 11) is 0. The fourth-order valence-electron chi connectivity index (χ4n) is 5.14. The summed E-state index contributed by atoms with van der Waals surface area (Å²) in [4.78, 5) is 23.6. The van der Waals surface area contributed by atoms with Gasteiger partial charge in [-0.3, -0.25) is 9.59 Å². The summed E-state index contributed by atoms with van der Waals surface area (Å²) in [5, 5.41) is 10.0. The van der Waals surface area contributed by atoms with Crippen molar-refractivity contribution in [2.24, 2.45) is 28.6 Å². The Labute approximate surface area is 120 Å². The summed E-state index contributed by atoms with van der Waals surface area (Å²) in [5.74, 6) is 0.688. The molecule has 110 valence electrons. The Morgan fingerprint density at radius 2 is 1.95 bits per heavy atom. The van der Waals surface area contributed by atoms with E-state index in [-0.39, 0.29) is 11.3 Å². The Morgan fingerprint density at radius 1 is 1.30 bits per heavy atom. The highest BCUT2D eigenvalue weighted by atomic mass is 16.4. The first-order valence-electron chi connectivity index (χ1n) is 7.81. The van der Waals surface area contributed by atoms with E-state index in [0.717, 1.165) is 25.7 Å². The first-order valence-corrected chi connectivity index (χ1v) is 7.81. The minimum Gasteiger partial charge on any atom is -0.481 e.